The number of hydrogen-bond acceptors (Lipinski definition) is 4. The Balaban J connectivity index is 1.85. The fraction of sp³-hybridized carbons (Fsp3) is 0.438. The fourth-order valence-corrected chi connectivity index (χ4v) is 3.78. The Morgan fingerprint density at radius 3 is 2.35 bits per heavy atom. The molecule has 0 atom stereocenters. The van der Waals surface area contributed by atoms with Crippen LogP contribution in [0.4, 0.5) is 0 Å². The van der Waals surface area contributed by atoms with Crippen LogP contribution in [0.5, 0.6) is 0 Å². The number of nitrogens with zero attached hydrogens (tertiary/aromatic N) is 2. The van der Waals surface area contributed by atoms with Crippen molar-refractivity contribution in [3.63, 3.8) is 0 Å². The van der Waals surface area contributed by atoms with Gasteiger partial charge in [-0.1, -0.05) is 18.2 Å². The SMILES string of the molecule is Cc1c(C(=O)N2CCN(S(C)(=O)=O)CC2)oc2c(C)cccc12. The number of carbonyl (C=O) groups excluding carboxylic acids is 1. The predicted octanol–water partition coefficient (Wildman–Crippen LogP) is 1.77. The minimum absolute atomic E-state index is 0.175. The van der Waals surface area contributed by atoms with Gasteiger partial charge in [0.25, 0.3) is 5.91 Å². The number of sulfonamides is 1. The van der Waals surface area contributed by atoms with Crippen molar-refractivity contribution < 1.29 is 17.6 Å². The number of benzene rings is 1. The molecule has 0 bridgehead atoms. The zero-order valence-electron chi connectivity index (χ0n) is 13.5. The molecule has 7 heteroatoms. The number of piperazine rings is 1. The molecule has 0 unspecified atom stereocenters. The van der Waals surface area contributed by atoms with Crippen LogP contribution >= 0.6 is 0 Å². The van der Waals surface area contributed by atoms with Crippen LogP contribution < -0.4 is 0 Å². The third kappa shape index (κ3) is 2.86. The summed E-state index contributed by atoms with van der Waals surface area (Å²) in [6.45, 7) is 5.23. The molecule has 0 aliphatic carbocycles. The van der Waals surface area contributed by atoms with Gasteiger partial charge in [-0.3, -0.25) is 4.79 Å². The first-order valence-corrected chi connectivity index (χ1v) is 9.37. The van der Waals surface area contributed by atoms with Gasteiger partial charge >= 0.3 is 0 Å². The predicted molar refractivity (Wildman–Crippen MR) is 88.0 cm³/mol. The van der Waals surface area contributed by atoms with Crippen molar-refractivity contribution in [3.05, 3.63) is 35.1 Å². The smallest absolute Gasteiger partial charge is 0.289 e. The van der Waals surface area contributed by atoms with Crippen molar-refractivity contribution in [1.82, 2.24) is 9.21 Å². The highest BCUT2D eigenvalue weighted by Gasteiger charge is 2.29. The average molecular weight is 336 g/mol. The lowest BCUT2D eigenvalue weighted by Crippen LogP contribution is -2.50. The molecule has 3 rings (SSSR count). The van der Waals surface area contributed by atoms with Crippen LogP contribution in [0.2, 0.25) is 0 Å². The van der Waals surface area contributed by atoms with E-state index in [1.807, 2.05) is 32.0 Å². The lowest BCUT2D eigenvalue weighted by molar-refractivity contribution is 0.0667. The number of carbonyl (C=O) groups is 1. The lowest BCUT2D eigenvalue weighted by atomic mass is 10.1. The van der Waals surface area contributed by atoms with E-state index < -0.39 is 10.0 Å². The van der Waals surface area contributed by atoms with E-state index in [1.165, 1.54) is 10.6 Å². The molecule has 1 fully saturated rings. The molecule has 1 saturated heterocycles. The Hall–Kier alpha value is -1.86. The average Bonchev–Trinajstić information content (AvgIpc) is 2.85. The Bertz CT molecular complexity index is 862. The number of furan rings is 1. The minimum Gasteiger partial charge on any atom is -0.450 e. The first kappa shape index (κ1) is 16.0. The van der Waals surface area contributed by atoms with E-state index in [0.717, 1.165) is 22.1 Å². The Morgan fingerprint density at radius 1 is 1.13 bits per heavy atom. The molecule has 1 aromatic heterocycles. The number of amides is 1. The summed E-state index contributed by atoms with van der Waals surface area (Å²) >= 11 is 0. The molecule has 2 heterocycles. The van der Waals surface area contributed by atoms with Crippen LogP contribution in [0.25, 0.3) is 11.0 Å². The molecule has 124 valence electrons. The molecule has 0 radical (unpaired) electrons. The molecule has 2 aromatic rings. The van der Waals surface area contributed by atoms with Gasteiger partial charge in [-0.15, -0.1) is 0 Å². The molecule has 1 aromatic carbocycles. The monoisotopic (exact) mass is 336 g/mol. The normalized spacial score (nSPS) is 16.9. The summed E-state index contributed by atoms with van der Waals surface area (Å²) in [6.07, 6.45) is 1.19. The maximum atomic E-state index is 12.7. The van der Waals surface area contributed by atoms with E-state index in [2.05, 4.69) is 0 Å². The van der Waals surface area contributed by atoms with Crippen LogP contribution in [-0.4, -0.2) is 56.0 Å². The molecular formula is C16H20N2O4S. The van der Waals surface area contributed by atoms with Crippen molar-refractivity contribution in [2.75, 3.05) is 32.4 Å². The van der Waals surface area contributed by atoms with Crippen LogP contribution in [0.15, 0.2) is 22.6 Å². The van der Waals surface area contributed by atoms with Crippen molar-refractivity contribution in [3.8, 4) is 0 Å². The van der Waals surface area contributed by atoms with Gasteiger partial charge in [-0.05, 0) is 19.4 Å². The summed E-state index contributed by atoms with van der Waals surface area (Å²) in [4.78, 5) is 14.4. The van der Waals surface area contributed by atoms with Gasteiger partial charge in [0.15, 0.2) is 5.76 Å². The van der Waals surface area contributed by atoms with Crippen LogP contribution in [0, 0.1) is 13.8 Å². The molecule has 1 amide bonds. The first-order chi connectivity index (χ1) is 10.8. The van der Waals surface area contributed by atoms with Gasteiger partial charge < -0.3 is 9.32 Å². The van der Waals surface area contributed by atoms with Gasteiger partial charge in [0.2, 0.25) is 10.0 Å². The van der Waals surface area contributed by atoms with E-state index in [4.69, 9.17) is 4.42 Å². The highest BCUT2D eigenvalue weighted by molar-refractivity contribution is 7.88. The standard InChI is InChI=1S/C16H20N2O4S/c1-11-5-4-6-13-12(2)15(22-14(11)13)16(19)17-7-9-18(10-8-17)23(3,20)21/h4-6H,7-10H2,1-3H3. The Morgan fingerprint density at radius 2 is 1.78 bits per heavy atom. The van der Waals surface area contributed by atoms with Crippen molar-refractivity contribution in [2.24, 2.45) is 0 Å². The van der Waals surface area contributed by atoms with Crippen LogP contribution in [0.3, 0.4) is 0 Å². The highest BCUT2D eigenvalue weighted by atomic mass is 32.2. The molecule has 6 nitrogen and oxygen atoms in total. The summed E-state index contributed by atoms with van der Waals surface area (Å²) in [5, 5.41) is 0.947. The molecule has 0 spiro atoms. The van der Waals surface area contributed by atoms with E-state index in [9.17, 15) is 13.2 Å². The number of para-hydroxylation sites is 1. The molecule has 1 aliphatic heterocycles. The van der Waals surface area contributed by atoms with Gasteiger partial charge in [0.05, 0.1) is 6.26 Å². The second-order valence-electron chi connectivity index (χ2n) is 5.96. The first-order valence-electron chi connectivity index (χ1n) is 7.52. The highest BCUT2D eigenvalue weighted by Crippen LogP contribution is 2.28. The summed E-state index contributed by atoms with van der Waals surface area (Å²) < 4.78 is 30.3. The number of rotatable bonds is 2. The third-order valence-corrected chi connectivity index (χ3v) is 5.65. The maximum Gasteiger partial charge on any atom is 0.289 e. The van der Waals surface area contributed by atoms with Gasteiger partial charge in [-0.25, -0.2) is 8.42 Å². The zero-order valence-corrected chi connectivity index (χ0v) is 14.3. The molecule has 0 saturated carbocycles. The second-order valence-corrected chi connectivity index (χ2v) is 7.94. The van der Waals surface area contributed by atoms with Crippen molar-refractivity contribution in [1.29, 1.82) is 0 Å². The summed E-state index contributed by atoms with van der Waals surface area (Å²) in [6, 6.07) is 5.84. The number of hydrogen-bond donors (Lipinski definition) is 0. The van der Waals surface area contributed by atoms with E-state index >= 15 is 0 Å². The van der Waals surface area contributed by atoms with Crippen molar-refractivity contribution in [2.45, 2.75) is 13.8 Å². The number of fused-ring (bicyclic) bond motifs is 1. The lowest BCUT2D eigenvalue weighted by Gasteiger charge is -2.32. The Labute approximate surface area is 135 Å². The van der Waals surface area contributed by atoms with E-state index in [1.54, 1.807) is 4.90 Å². The van der Waals surface area contributed by atoms with Gasteiger partial charge in [-0.2, -0.15) is 4.31 Å². The molecular weight excluding hydrogens is 316 g/mol. The van der Waals surface area contributed by atoms with Crippen LogP contribution in [-0.2, 0) is 10.0 Å². The van der Waals surface area contributed by atoms with Crippen molar-refractivity contribution >= 4 is 26.9 Å². The van der Waals surface area contributed by atoms with E-state index in [0.29, 0.717) is 31.9 Å². The fourth-order valence-electron chi connectivity index (χ4n) is 2.95. The quantitative estimate of drug-likeness (QED) is 0.838. The van der Waals surface area contributed by atoms with Gasteiger partial charge in [0, 0.05) is 37.1 Å². The Kier molecular flexibility index (Phi) is 3.93. The topological polar surface area (TPSA) is 70.8 Å². The summed E-state index contributed by atoms with van der Waals surface area (Å²) in [7, 11) is -3.20. The largest absolute Gasteiger partial charge is 0.450 e. The van der Waals surface area contributed by atoms with Crippen LogP contribution in [0.1, 0.15) is 21.7 Å². The second kappa shape index (κ2) is 5.65. The van der Waals surface area contributed by atoms with Gasteiger partial charge in [0.1, 0.15) is 5.58 Å². The third-order valence-electron chi connectivity index (χ3n) is 4.35. The summed E-state index contributed by atoms with van der Waals surface area (Å²) in [5.74, 6) is 0.174. The number of aryl methyl sites for hydroxylation is 2. The minimum atomic E-state index is -3.20. The van der Waals surface area contributed by atoms with E-state index in [-0.39, 0.29) is 5.91 Å². The molecule has 1 aliphatic rings. The molecule has 0 N–H and O–H groups in total. The zero-order chi connectivity index (χ0) is 16.8. The summed E-state index contributed by atoms with van der Waals surface area (Å²) in [5.41, 5.74) is 2.56. The molecule has 23 heavy (non-hydrogen) atoms. The maximum absolute atomic E-state index is 12.7.